The Hall–Kier alpha value is -1.59. The number of hydrogen-bond donors (Lipinski definition) is 2. The molecule has 0 aromatic heterocycles. The van der Waals surface area contributed by atoms with Gasteiger partial charge in [-0.2, -0.15) is 0 Å². The molecule has 0 radical (unpaired) electrons. The molecule has 2 rings (SSSR count). The number of nitrogens with one attached hydrogen (secondary N) is 1. The molecule has 2 N–H and O–H groups in total. The van der Waals surface area contributed by atoms with E-state index in [1.165, 1.54) is 0 Å². The van der Waals surface area contributed by atoms with Crippen molar-refractivity contribution >= 4 is 23.5 Å². The first-order chi connectivity index (χ1) is 11.3. The van der Waals surface area contributed by atoms with Crippen LogP contribution in [0.5, 0.6) is 0 Å². The number of carbonyl (C=O) groups excluding carboxylic acids is 1. The number of carboxylic acids is 1. The summed E-state index contributed by atoms with van der Waals surface area (Å²) in [5, 5.41) is 12.7. The molecule has 0 bridgehead atoms. The zero-order valence-electron chi connectivity index (χ0n) is 14.0. The largest absolute Gasteiger partial charge is 0.480 e. The lowest BCUT2D eigenvalue weighted by Gasteiger charge is -2.37. The second kappa shape index (κ2) is 7.99. The Morgan fingerprint density at radius 3 is 2.54 bits per heavy atom. The third-order valence-corrected chi connectivity index (χ3v) is 4.70. The minimum absolute atomic E-state index is 0.170. The summed E-state index contributed by atoms with van der Waals surface area (Å²) in [6.45, 7) is 4.79. The van der Waals surface area contributed by atoms with E-state index in [2.05, 4.69) is 5.32 Å². The highest BCUT2D eigenvalue weighted by Crippen LogP contribution is 2.36. The number of carbonyl (C=O) groups is 2. The maximum atomic E-state index is 13.1. The summed E-state index contributed by atoms with van der Waals surface area (Å²) < 4.78 is 5.41. The van der Waals surface area contributed by atoms with Gasteiger partial charge in [0, 0.05) is 18.2 Å². The molecule has 1 saturated heterocycles. The van der Waals surface area contributed by atoms with Gasteiger partial charge in [0.1, 0.15) is 6.04 Å². The van der Waals surface area contributed by atoms with Crippen LogP contribution in [0.25, 0.3) is 0 Å². The molecule has 1 aliphatic heterocycles. The smallest absolute Gasteiger partial charge is 0.326 e. The van der Waals surface area contributed by atoms with Gasteiger partial charge in [0.25, 0.3) is 0 Å². The topological polar surface area (TPSA) is 75.6 Å². The highest BCUT2D eigenvalue weighted by atomic mass is 35.5. The van der Waals surface area contributed by atoms with Crippen molar-refractivity contribution in [1.29, 1.82) is 0 Å². The van der Waals surface area contributed by atoms with Crippen LogP contribution in [-0.2, 0) is 19.7 Å². The number of rotatable bonds is 6. The maximum absolute atomic E-state index is 13.1. The lowest BCUT2D eigenvalue weighted by atomic mass is 9.73. The van der Waals surface area contributed by atoms with Crippen molar-refractivity contribution in [3.8, 4) is 0 Å². The molecule has 0 spiro atoms. The normalized spacial score (nSPS) is 18.2. The van der Waals surface area contributed by atoms with Crippen LogP contribution in [0.2, 0.25) is 5.02 Å². The first-order valence-corrected chi connectivity index (χ1v) is 8.60. The van der Waals surface area contributed by atoms with E-state index in [-0.39, 0.29) is 11.8 Å². The maximum Gasteiger partial charge on any atom is 0.326 e. The Bertz CT molecular complexity index is 596. The molecular formula is C18H24ClNO4. The summed E-state index contributed by atoms with van der Waals surface area (Å²) in [5.74, 6) is -1.10. The Balaban J connectivity index is 2.30. The Morgan fingerprint density at radius 1 is 1.33 bits per heavy atom. The predicted molar refractivity (Wildman–Crippen MR) is 92.2 cm³/mol. The molecule has 0 unspecified atom stereocenters. The molecule has 1 aromatic rings. The lowest BCUT2D eigenvalue weighted by Crippen LogP contribution is -2.53. The molecular weight excluding hydrogens is 330 g/mol. The van der Waals surface area contributed by atoms with E-state index >= 15 is 0 Å². The van der Waals surface area contributed by atoms with E-state index in [1.807, 2.05) is 26.0 Å². The minimum Gasteiger partial charge on any atom is -0.480 e. The standard InChI is InChI=1S/C18H24ClNO4/c1-12(2)10-15(16(21)22)20-17(23)18(6-8-24-9-7-18)13-4-3-5-14(19)11-13/h3-5,11-12,15H,6-10H2,1-2H3,(H,20,23)(H,21,22)/t15-/m1/s1. The van der Waals surface area contributed by atoms with Crippen LogP contribution in [-0.4, -0.2) is 36.2 Å². The molecule has 1 atom stereocenters. The number of hydrogen-bond acceptors (Lipinski definition) is 3. The van der Waals surface area contributed by atoms with Crippen LogP contribution in [0.3, 0.4) is 0 Å². The number of ether oxygens (including phenoxy) is 1. The van der Waals surface area contributed by atoms with E-state index in [1.54, 1.807) is 12.1 Å². The number of carboxylic acid groups (broad SMARTS) is 1. The third-order valence-electron chi connectivity index (χ3n) is 4.47. The second-order valence-corrected chi connectivity index (χ2v) is 7.14. The summed E-state index contributed by atoms with van der Waals surface area (Å²) in [4.78, 5) is 24.5. The quantitative estimate of drug-likeness (QED) is 0.824. The van der Waals surface area contributed by atoms with Gasteiger partial charge in [0.05, 0.1) is 5.41 Å². The van der Waals surface area contributed by atoms with Crippen molar-refractivity contribution in [1.82, 2.24) is 5.32 Å². The van der Waals surface area contributed by atoms with E-state index in [0.29, 0.717) is 37.5 Å². The van der Waals surface area contributed by atoms with Gasteiger partial charge in [-0.1, -0.05) is 37.6 Å². The van der Waals surface area contributed by atoms with Crippen LogP contribution in [0.4, 0.5) is 0 Å². The number of halogens is 1. The van der Waals surface area contributed by atoms with Crippen LogP contribution < -0.4 is 5.32 Å². The highest BCUT2D eigenvalue weighted by molar-refractivity contribution is 6.30. The van der Waals surface area contributed by atoms with Gasteiger partial charge < -0.3 is 15.2 Å². The summed E-state index contributed by atoms with van der Waals surface area (Å²) in [5.41, 5.74) is 0.0119. The van der Waals surface area contributed by atoms with E-state index < -0.39 is 17.4 Å². The predicted octanol–water partition coefficient (Wildman–Crippen LogP) is 3.00. The van der Waals surface area contributed by atoms with Crippen molar-refractivity contribution in [2.45, 2.75) is 44.6 Å². The number of aliphatic carboxylic acids is 1. The first kappa shape index (κ1) is 18.7. The monoisotopic (exact) mass is 353 g/mol. The van der Waals surface area contributed by atoms with Gasteiger partial charge in [-0.05, 0) is 42.9 Å². The molecule has 0 saturated carbocycles. The molecule has 6 heteroatoms. The summed E-state index contributed by atoms with van der Waals surface area (Å²) in [6, 6.07) is 6.33. The van der Waals surface area contributed by atoms with E-state index in [4.69, 9.17) is 16.3 Å². The Morgan fingerprint density at radius 2 is 2.00 bits per heavy atom. The van der Waals surface area contributed by atoms with Gasteiger partial charge in [-0.25, -0.2) is 4.79 Å². The fourth-order valence-corrected chi connectivity index (χ4v) is 3.33. The van der Waals surface area contributed by atoms with Crippen LogP contribution >= 0.6 is 11.6 Å². The van der Waals surface area contributed by atoms with E-state index in [9.17, 15) is 14.7 Å². The Kier molecular flexibility index (Phi) is 6.24. The zero-order chi connectivity index (χ0) is 17.7. The first-order valence-electron chi connectivity index (χ1n) is 8.23. The second-order valence-electron chi connectivity index (χ2n) is 6.70. The fraction of sp³-hybridized carbons (Fsp3) is 0.556. The van der Waals surface area contributed by atoms with Gasteiger partial charge in [-0.15, -0.1) is 0 Å². The van der Waals surface area contributed by atoms with Crippen molar-refractivity contribution in [2.75, 3.05) is 13.2 Å². The molecule has 1 heterocycles. The third kappa shape index (κ3) is 4.28. The molecule has 1 fully saturated rings. The molecule has 1 aliphatic rings. The molecule has 5 nitrogen and oxygen atoms in total. The fourth-order valence-electron chi connectivity index (χ4n) is 3.14. The van der Waals surface area contributed by atoms with Crippen molar-refractivity contribution in [2.24, 2.45) is 5.92 Å². The average molecular weight is 354 g/mol. The summed E-state index contributed by atoms with van der Waals surface area (Å²) >= 11 is 6.10. The van der Waals surface area contributed by atoms with Crippen molar-refractivity contribution in [3.63, 3.8) is 0 Å². The average Bonchev–Trinajstić information content (AvgIpc) is 2.54. The van der Waals surface area contributed by atoms with Crippen molar-refractivity contribution < 1.29 is 19.4 Å². The van der Waals surface area contributed by atoms with Gasteiger partial charge in [-0.3, -0.25) is 4.79 Å². The minimum atomic E-state index is -1.01. The van der Waals surface area contributed by atoms with E-state index in [0.717, 1.165) is 5.56 Å². The molecule has 24 heavy (non-hydrogen) atoms. The van der Waals surface area contributed by atoms with Crippen LogP contribution in [0.1, 0.15) is 38.7 Å². The summed E-state index contributed by atoms with van der Waals surface area (Å²) in [6.07, 6.45) is 1.41. The molecule has 0 aliphatic carbocycles. The highest BCUT2D eigenvalue weighted by Gasteiger charge is 2.43. The molecule has 132 valence electrons. The SMILES string of the molecule is CC(C)C[C@@H](NC(=O)C1(c2cccc(Cl)c2)CCOCC1)C(=O)O. The van der Waals surface area contributed by atoms with Crippen LogP contribution in [0.15, 0.2) is 24.3 Å². The Labute approximate surface area is 147 Å². The van der Waals surface area contributed by atoms with Gasteiger partial charge >= 0.3 is 5.97 Å². The zero-order valence-corrected chi connectivity index (χ0v) is 14.8. The number of amides is 1. The number of benzene rings is 1. The molecule has 1 amide bonds. The van der Waals surface area contributed by atoms with Gasteiger partial charge in [0.2, 0.25) is 5.91 Å². The summed E-state index contributed by atoms with van der Waals surface area (Å²) in [7, 11) is 0. The molecule has 1 aromatic carbocycles. The van der Waals surface area contributed by atoms with Crippen molar-refractivity contribution in [3.05, 3.63) is 34.9 Å². The van der Waals surface area contributed by atoms with Crippen LogP contribution in [0, 0.1) is 5.92 Å². The lowest BCUT2D eigenvalue weighted by molar-refractivity contribution is -0.144. The van der Waals surface area contributed by atoms with Gasteiger partial charge in [0.15, 0.2) is 0 Å².